The smallest absolute Gasteiger partial charge is 0.338 e. The molecule has 5 nitrogen and oxygen atoms in total. The maximum atomic E-state index is 12.1. The molecule has 2 aromatic carbocycles. The number of halogens is 2. The van der Waals surface area contributed by atoms with Crippen LogP contribution in [0.3, 0.4) is 0 Å². The third kappa shape index (κ3) is 3.41. The van der Waals surface area contributed by atoms with Gasteiger partial charge in [0.2, 0.25) is 6.79 Å². The Balaban J connectivity index is 1.64. The molecule has 3 rings (SSSR count). The first kappa shape index (κ1) is 15.6. The molecule has 0 bridgehead atoms. The van der Waals surface area contributed by atoms with Crippen LogP contribution in [0.5, 0.6) is 11.5 Å². The van der Waals surface area contributed by atoms with Crippen LogP contribution in [0.2, 0.25) is 10.0 Å². The Bertz CT molecular complexity index is 788. The summed E-state index contributed by atoms with van der Waals surface area (Å²) in [6.45, 7) is -0.266. The van der Waals surface area contributed by atoms with E-state index >= 15 is 0 Å². The van der Waals surface area contributed by atoms with Crippen LogP contribution in [0.1, 0.15) is 20.7 Å². The highest BCUT2D eigenvalue weighted by Gasteiger charge is 2.18. The van der Waals surface area contributed by atoms with Gasteiger partial charge in [0.1, 0.15) is 0 Å². The molecule has 0 aromatic heterocycles. The summed E-state index contributed by atoms with van der Waals surface area (Å²) in [5.41, 5.74) is 0.592. The minimum atomic E-state index is -0.655. The highest BCUT2D eigenvalue weighted by Crippen LogP contribution is 2.32. The van der Waals surface area contributed by atoms with Crippen molar-refractivity contribution >= 4 is 35.0 Å². The summed E-state index contributed by atoms with van der Waals surface area (Å²) in [4.78, 5) is 24.0. The second kappa shape index (κ2) is 6.48. The lowest BCUT2D eigenvalue weighted by Gasteiger charge is -2.06. The van der Waals surface area contributed by atoms with E-state index in [0.717, 1.165) is 0 Å². The molecule has 1 aliphatic heterocycles. The zero-order valence-electron chi connectivity index (χ0n) is 11.7. The number of carbonyl (C=O) groups excluding carboxylic acids is 2. The van der Waals surface area contributed by atoms with Gasteiger partial charge in [-0.15, -0.1) is 0 Å². The standard InChI is InChI=1S/C16H10Cl2O5/c17-11-3-1-10(5-12(11)18)16(20)21-7-13(19)9-2-4-14-15(6-9)23-8-22-14/h1-6H,7-8H2. The van der Waals surface area contributed by atoms with Crippen LogP contribution >= 0.6 is 23.2 Å². The molecule has 0 aliphatic carbocycles. The summed E-state index contributed by atoms with van der Waals surface area (Å²) in [6, 6.07) is 9.12. The third-order valence-corrected chi connectivity index (χ3v) is 3.92. The zero-order chi connectivity index (χ0) is 16.4. The Morgan fingerprint density at radius 2 is 1.70 bits per heavy atom. The molecule has 7 heteroatoms. The predicted molar refractivity (Wildman–Crippen MR) is 83.6 cm³/mol. The monoisotopic (exact) mass is 352 g/mol. The molecular formula is C16H10Cl2O5. The van der Waals surface area contributed by atoms with Crippen LogP contribution in [0.4, 0.5) is 0 Å². The van der Waals surface area contributed by atoms with Gasteiger partial charge in [-0.2, -0.15) is 0 Å². The van der Waals surface area contributed by atoms with Crippen molar-refractivity contribution in [1.29, 1.82) is 0 Å². The molecule has 23 heavy (non-hydrogen) atoms. The van der Waals surface area contributed by atoms with Gasteiger partial charge in [0.05, 0.1) is 15.6 Å². The van der Waals surface area contributed by atoms with E-state index in [2.05, 4.69) is 0 Å². The number of hydrogen-bond donors (Lipinski definition) is 0. The minimum absolute atomic E-state index is 0.124. The van der Waals surface area contributed by atoms with Gasteiger partial charge < -0.3 is 14.2 Å². The van der Waals surface area contributed by atoms with Crippen molar-refractivity contribution in [1.82, 2.24) is 0 Å². The summed E-state index contributed by atoms with van der Waals surface area (Å²) < 4.78 is 15.4. The van der Waals surface area contributed by atoms with Gasteiger partial charge in [0.15, 0.2) is 23.9 Å². The summed E-state index contributed by atoms with van der Waals surface area (Å²) in [5.74, 6) is 0.0652. The normalized spacial score (nSPS) is 12.1. The Morgan fingerprint density at radius 1 is 0.957 bits per heavy atom. The molecule has 0 unspecified atom stereocenters. The molecule has 118 valence electrons. The summed E-state index contributed by atoms with van der Waals surface area (Å²) >= 11 is 11.6. The first-order valence-electron chi connectivity index (χ1n) is 6.59. The van der Waals surface area contributed by atoms with Crippen molar-refractivity contribution in [3.8, 4) is 11.5 Å². The molecule has 0 saturated carbocycles. The van der Waals surface area contributed by atoms with E-state index in [9.17, 15) is 9.59 Å². The van der Waals surface area contributed by atoms with E-state index in [0.29, 0.717) is 22.1 Å². The molecule has 2 aromatic rings. The van der Waals surface area contributed by atoms with Crippen LogP contribution in [0, 0.1) is 0 Å². The molecule has 0 atom stereocenters. The van der Waals surface area contributed by atoms with Crippen molar-refractivity contribution in [3.63, 3.8) is 0 Å². The Labute approximate surface area is 141 Å². The molecule has 0 fully saturated rings. The number of ether oxygens (including phenoxy) is 3. The highest BCUT2D eigenvalue weighted by atomic mass is 35.5. The largest absolute Gasteiger partial charge is 0.454 e. The molecule has 1 heterocycles. The topological polar surface area (TPSA) is 61.8 Å². The van der Waals surface area contributed by atoms with E-state index in [1.807, 2.05) is 0 Å². The fourth-order valence-corrected chi connectivity index (χ4v) is 2.29. The van der Waals surface area contributed by atoms with Gasteiger partial charge >= 0.3 is 5.97 Å². The van der Waals surface area contributed by atoms with E-state index in [1.54, 1.807) is 18.2 Å². The average Bonchev–Trinajstić information content (AvgIpc) is 3.02. The summed E-state index contributed by atoms with van der Waals surface area (Å²) in [6.07, 6.45) is 0. The van der Waals surface area contributed by atoms with Crippen molar-refractivity contribution in [3.05, 3.63) is 57.6 Å². The number of esters is 1. The van der Waals surface area contributed by atoms with Gasteiger partial charge in [0, 0.05) is 5.56 Å². The van der Waals surface area contributed by atoms with Gasteiger partial charge in [-0.05, 0) is 36.4 Å². The van der Waals surface area contributed by atoms with Crippen LogP contribution in [-0.4, -0.2) is 25.2 Å². The van der Waals surface area contributed by atoms with Crippen molar-refractivity contribution in [2.45, 2.75) is 0 Å². The fourth-order valence-electron chi connectivity index (χ4n) is 1.99. The van der Waals surface area contributed by atoms with Crippen LogP contribution < -0.4 is 9.47 Å². The summed E-state index contributed by atoms with van der Waals surface area (Å²) in [7, 11) is 0. The van der Waals surface area contributed by atoms with Crippen LogP contribution in [0.25, 0.3) is 0 Å². The van der Waals surface area contributed by atoms with Crippen molar-refractivity contribution < 1.29 is 23.8 Å². The average molecular weight is 353 g/mol. The molecule has 0 radical (unpaired) electrons. The van der Waals surface area contributed by atoms with Gasteiger partial charge in [0.25, 0.3) is 0 Å². The number of rotatable bonds is 4. The second-order valence-corrected chi connectivity index (χ2v) is 5.51. The lowest BCUT2D eigenvalue weighted by Crippen LogP contribution is -2.14. The molecule has 1 aliphatic rings. The lowest BCUT2D eigenvalue weighted by atomic mass is 10.1. The Morgan fingerprint density at radius 3 is 2.48 bits per heavy atom. The molecule has 0 amide bonds. The molecule has 0 N–H and O–H groups in total. The predicted octanol–water partition coefficient (Wildman–Crippen LogP) is 3.76. The lowest BCUT2D eigenvalue weighted by molar-refractivity contribution is 0.0474. The van der Waals surface area contributed by atoms with Crippen molar-refractivity contribution in [2.24, 2.45) is 0 Å². The number of hydrogen-bond acceptors (Lipinski definition) is 5. The van der Waals surface area contributed by atoms with E-state index < -0.39 is 12.6 Å². The maximum Gasteiger partial charge on any atom is 0.338 e. The third-order valence-electron chi connectivity index (χ3n) is 3.18. The zero-order valence-corrected chi connectivity index (χ0v) is 13.2. The van der Waals surface area contributed by atoms with Gasteiger partial charge in [-0.3, -0.25) is 4.79 Å². The quantitative estimate of drug-likeness (QED) is 0.619. The molecule has 0 spiro atoms. The minimum Gasteiger partial charge on any atom is -0.454 e. The Kier molecular flexibility index (Phi) is 4.41. The van der Waals surface area contributed by atoms with E-state index in [4.69, 9.17) is 37.4 Å². The highest BCUT2D eigenvalue weighted by molar-refractivity contribution is 6.42. The Hall–Kier alpha value is -2.24. The SMILES string of the molecule is O=C(COC(=O)c1ccc(Cl)c(Cl)c1)c1ccc2c(c1)OCO2. The number of Topliss-reactive ketones (excluding diaryl/α,β-unsaturated/α-hetero) is 1. The number of fused-ring (bicyclic) bond motifs is 1. The molecular weight excluding hydrogens is 343 g/mol. The van der Waals surface area contributed by atoms with Crippen LogP contribution in [-0.2, 0) is 4.74 Å². The number of carbonyl (C=O) groups is 2. The summed E-state index contributed by atoms with van der Waals surface area (Å²) in [5, 5.41) is 0.572. The molecule has 0 saturated heterocycles. The first-order chi connectivity index (χ1) is 11.0. The maximum absolute atomic E-state index is 12.1. The second-order valence-electron chi connectivity index (χ2n) is 4.70. The fraction of sp³-hybridized carbons (Fsp3) is 0.125. The van der Waals surface area contributed by atoms with Crippen LogP contribution in [0.15, 0.2) is 36.4 Å². The first-order valence-corrected chi connectivity index (χ1v) is 7.35. The van der Waals surface area contributed by atoms with Gasteiger partial charge in [-0.25, -0.2) is 4.79 Å². The van der Waals surface area contributed by atoms with E-state index in [1.165, 1.54) is 18.2 Å². The van der Waals surface area contributed by atoms with Gasteiger partial charge in [-0.1, -0.05) is 23.2 Å². The number of ketones is 1. The van der Waals surface area contributed by atoms with E-state index in [-0.39, 0.29) is 23.2 Å². The number of benzene rings is 2. The van der Waals surface area contributed by atoms with Crippen molar-refractivity contribution in [2.75, 3.05) is 13.4 Å².